The van der Waals surface area contributed by atoms with Gasteiger partial charge in [0.2, 0.25) is 6.08 Å². The van der Waals surface area contributed by atoms with Crippen molar-refractivity contribution in [2.24, 2.45) is 4.99 Å². The number of benzene rings is 1. The molecule has 72 valence electrons. The first-order valence-electron chi connectivity index (χ1n) is 4.28. The highest BCUT2D eigenvalue weighted by Crippen LogP contribution is 2.28. The molecule has 0 radical (unpaired) electrons. The Kier molecular flexibility index (Phi) is 2.29. The van der Waals surface area contributed by atoms with Crippen molar-refractivity contribution >= 4 is 6.08 Å². The van der Waals surface area contributed by atoms with Crippen LogP contribution in [0.5, 0.6) is 5.75 Å². The van der Waals surface area contributed by atoms with E-state index in [2.05, 4.69) is 4.99 Å². The largest absolute Gasteiger partial charge is 0.488 e. The Morgan fingerprint density at radius 3 is 3.21 bits per heavy atom. The van der Waals surface area contributed by atoms with Crippen molar-refractivity contribution in [3.8, 4) is 5.75 Å². The van der Waals surface area contributed by atoms with Gasteiger partial charge in [0.1, 0.15) is 12.6 Å². The molecule has 1 atom stereocenters. The minimum absolute atomic E-state index is 0.234. The van der Waals surface area contributed by atoms with Crippen molar-refractivity contribution in [3.05, 3.63) is 29.6 Å². The van der Waals surface area contributed by atoms with Crippen molar-refractivity contribution < 1.29 is 13.9 Å². The molecule has 0 amide bonds. The Bertz CT molecular complexity index is 399. The number of hydrogen-bond donors (Lipinski definition) is 0. The molecule has 0 fully saturated rings. The SMILES string of the molecule is O=C=NC1COc2c(F)cccc2C1. The molecule has 3 nitrogen and oxygen atoms in total. The van der Waals surface area contributed by atoms with E-state index in [1.54, 1.807) is 12.1 Å². The first-order chi connectivity index (χ1) is 6.81. The van der Waals surface area contributed by atoms with Gasteiger partial charge >= 0.3 is 0 Å². The predicted molar refractivity (Wildman–Crippen MR) is 47.5 cm³/mol. The van der Waals surface area contributed by atoms with Crippen molar-refractivity contribution in [1.29, 1.82) is 0 Å². The molecule has 0 N–H and O–H groups in total. The fraction of sp³-hybridized carbons (Fsp3) is 0.300. The van der Waals surface area contributed by atoms with E-state index in [1.807, 2.05) is 0 Å². The highest BCUT2D eigenvalue weighted by Gasteiger charge is 2.21. The molecule has 1 aromatic carbocycles. The van der Waals surface area contributed by atoms with Crippen LogP contribution < -0.4 is 4.74 Å². The van der Waals surface area contributed by atoms with Gasteiger partial charge in [-0.15, -0.1) is 0 Å². The molecule has 1 unspecified atom stereocenters. The van der Waals surface area contributed by atoms with Gasteiger partial charge in [-0.3, -0.25) is 0 Å². The Balaban J connectivity index is 2.31. The maximum absolute atomic E-state index is 13.2. The van der Waals surface area contributed by atoms with Gasteiger partial charge in [0.25, 0.3) is 0 Å². The van der Waals surface area contributed by atoms with Crippen LogP contribution in [-0.4, -0.2) is 18.7 Å². The van der Waals surface area contributed by atoms with E-state index in [4.69, 9.17) is 4.74 Å². The summed E-state index contributed by atoms with van der Waals surface area (Å²) in [5.74, 6) is -0.0825. The lowest BCUT2D eigenvalue weighted by Gasteiger charge is -2.21. The van der Waals surface area contributed by atoms with Crippen LogP contribution in [-0.2, 0) is 11.2 Å². The van der Waals surface area contributed by atoms with Crippen LogP contribution in [0.4, 0.5) is 4.39 Å². The molecule has 0 aromatic heterocycles. The van der Waals surface area contributed by atoms with Gasteiger partial charge in [-0.2, -0.15) is 4.99 Å². The summed E-state index contributed by atoms with van der Waals surface area (Å²) in [6.07, 6.45) is 2.01. The summed E-state index contributed by atoms with van der Waals surface area (Å²) >= 11 is 0. The zero-order chi connectivity index (χ0) is 9.97. The molecule has 1 aliphatic heterocycles. The number of rotatable bonds is 1. The van der Waals surface area contributed by atoms with Gasteiger partial charge in [-0.05, 0) is 11.6 Å². The first-order valence-corrected chi connectivity index (χ1v) is 4.28. The van der Waals surface area contributed by atoms with Crippen LogP contribution in [0.2, 0.25) is 0 Å². The highest BCUT2D eigenvalue weighted by molar-refractivity contribution is 5.39. The molecule has 2 rings (SSSR count). The second-order valence-corrected chi connectivity index (χ2v) is 3.12. The van der Waals surface area contributed by atoms with E-state index in [0.29, 0.717) is 6.42 Å². The van der Waals surface area contributed by atoms with Gasteiger partial charge < -0.3 is 4.74 Å². The average molecular weight is 193 g/mol. The second kappa shape index (κ2) is 3.60. The number of hydrogen-bond acceptors (Lipinski definition) is 3. The number of nitrogens with zero attached hydrogens (tertiary/aromatic N) is 1. The highest BCUT2D eigenvalue weighted by atomic mass is 19.1. The smallest absolute Gasteiger partial charge is 0.235 e. The third-order valence-corrected chi connectivity index (χ3v) is 2.16. The predicted octanol–water partition coefficient (Wildman–Crippen LogP) is 1.47. The Morgan fingerprint density at radius 2 is 2.43 bits per heavy atom. The quantitative estimate of drug-likeness (QED) is 0.500. The van der Waals surface area contributed by atoms with Crippen LogP contribution in [0.1, 0.15) is 5.56 Å². The molecule has 1 aromatic rings. The normalized spacial score (nSPS) is 19.1. The summed E-state index contributed by atoms with van der Waals surface area (Å²) in [5, 5.41) is 0. The third kappa shape index (κ3) is 1.52. The monoisotopic (exact) mass is 193 g/mol. The maximum atomic E-state index is 13.2. The molecular formula is C10H8FNO2. The van der Waals surface area contributed by atoms with Crippen molar-refractivity contribution in [2.75, 3.05) is 6.61 Å². The molecule has 14 heavy (non-hydrogen) atoms. The van der Waals surface area contributed by atoms with Gasteiger partial charge in [0.05, 0.1) is 0 Å². The summed E-state index contributed by atoms with van der Waals surface area (Å²) in [6.45, 7) is 0.239. The number of aliphatic imine (C=N–C) groups is 1. The van der Waals surface area contributed by atoms with Crippen LogP contribution >= 0.6 is 0 Å². The van der Waals surface area contributed by atoms with Crippen LogP contribution in [0.3, 0.4) is 0 Å². The average Bonchev–Trinajstić information content (AvgIpc) is 2.18. The molecule has 0 bridgehead atoms. The summed E-state index contributed by atoms with van der Waals surface area (Å²) in [7, 11) is 0. The zero-order valence-corrected chi connectivity index (χ0v) is 7.37. The topological polar surface area (TPSA) is 38.7 Å². The number of carbonyl (C=O) groups excluding carboxylic acids is 1. The Hall–Kier alpha value is -1.67. The van der Waals surface area contributed by atoms with E-state index in [9.17, 15) is 9.18 Å². The summed E-state index contributed by atoms with van der Waals surface area (Å²) in [6, 6.07) is 4.50. The summed E-state index contributed by atoms with van der Waals surface area (Å²) in [5.41, 5.74) is 0.750. The fourth-order valence-corrected chi connectivity index (χ4v) is 1.53. The van der Waals surface area contributed by atoms with Crippen LogP contribution in [0, 0.1) is 5.82 Å². The lowest BCUT2D eigenvalue weighted by Crippen LogP contribution is -2.24. The molecule has 1 aliphatic rings. The molecule has 0 saturated heterocycles. The molecule has 0 spiro atoms. The van der Waals surface area contributed by atoms with Crippen molar-refractivity contribution in [2.45, 2.75) is 12.5 Å². The standard InChI is InChI=1S/C10H8FNO2/c11-9-3-1-2-7-4-8(12-6-13)5-14-10(7)9/h1-3,8H,4-5H2. The third-order valence-electron chi connectivity index (χ3n) is 2.16. The van der Waals surface area contributed by atoms with Gasteiger partial charge in [0, 0.05) is 6.42 Å². The van der Waals surface area contributed by atoms with E-state index in [-0.39, 0.29) is 24.2 Å². The maximum Gasteiger partial charge on any atom is 0.235 e. The molecule has 4 heteroatoms. The number of isocyanates is 1. The van der Waals surface area contributed by atoms with E-state index < -0.39 is 0 Å². The van der Waals surface area contributed by atoms with E-state index in [1.165, 1.54) is 12.1 Å². The number of para-hydroxylation sites is 1. The van der Waals surface area contributed by atoms with E-state index >= 15 is 0 Å². The van der Waals surface area contributed by atoms with Crippen molar-refractivity contribution in [3.63, 3.8) is 0 Å². The van der Waals surface area contributed by atoms with E-state index in [0.717, 1.165) is 5.56 Å². The van der Waals surface area contributed by atoms with Gasteiger partial charge in [0.15, 0.2) is 11.6 Å². The van der Waals surface area contributed by atoms with Crippen molar-refractivity contribution in [1.82, 2.24) is 0 Å². The van der Waals surface area contributed by atoms with Gasteiger partial charge in [-0.1, -0.05) is 12.1 Å². The minimum atomic E-state index is -0.365. The first kappa shape index (κ1) is 8.91. The van der Waals surface area contributed by atoms with Crippen LogP contribution in [0.15, 0.2) is 23.2 Å². The number of ether oxygens (including phenoxy) is 1. The molecular weight excluding hydrogens is 185 g/mol. The Morgan fingerprint density at radius 1 is 1.57 bits per heavy atom. The Labute approximate surface area is 80.2 Å². The zero-order valence-electron chi connectivity index (χ0n) is 7.37. The minimum Gasteiger partial charge on any atom is -0.488 e. The lowest BCUT2D eigenvalue weighted by molar-refractivity contribution is 0.251. The fourth-order valence-electron chi connectivity index (χ4n) is 1.53. The van der Waals surface area contributed by atoms with Crippen LogP contribution in [0.25, 0.3) is 0 Å². The number of fused-ring (bicyclic) bond motifs is 1. The lowest BCUT2D eigenvalue weighted by atomic mass is 10.0. The second-order valence-electron chi connectivity index (χ2n) is 3.12. The summed E-state index contributed by atoms with van der Waals surface area (Å²) < 4.78 is 18.3. The van der Waals surface area contributed by atoms with Gasteiger partial charge in [-0.25, -0.2) is 9.18 Å². The summed E-state index contributed by atoms with van der Waals surface area (Å²) in [4.78, 5) is 13.6. The molecule has 1 heterocycles. The number of halogens is 1. The molecule has 0 saturated carbocycles. The molecule has 0 aliphatic carbocycles.